The van der Waals surface area contributed by atoms with Crippen LogP contribution in [0.2, 0.25) is 0 Å². The zero-order valence-electron chi connectivity index (χ0n) is 7.92. The minimum atomic E-state index is -0.0594. The van der Waals surface area contributed by atoms with Crippen LogP contribution in [0, 0.1) is 0 Å². The highest BCUT2D eigenvalue weighted by molar-refractivity contribution is 9.11. The van der Waals surface area contributed by atoms with E-state index in [1.54, 1.807) is 6.07 Å². The molecule has 0 aliphatic carbocycles. The number of nitrogens with one attached hydrogen (secondary N) is 1. The Labute approximate surface area is 95.8 Å². The van der Waals surface area contributed by atoms with Crippen LogP contribution < -0.4 is 11.1 Å². The molecule has 1 aromatic heterocycles. The van der Waals surface area contributed by atoms with Crippen LogP contribution in [0.25, 0.3) is 0 Å². The summed E-state index contributed by atoms with van der Waals surface area (Å²) in [5, 5.41) is 4.60. The number of nitrogens with two attached hydrogens (primary N) is 1. The van der Waals surface area contributed by atoms with E-state index in [-0.39, 0.29) is 11.9 Å². The first-order valence-corrected chi connectivity index (χ1v) is 6.08. The summed E-state index contributed by atoms with van der Waals surface area (Å²) in [6.07, 6.45) is 0.869. The maximum atomic E-state index is 11.5. The van der Waals surface area contributed by atoms with Crippen LogP contribution in [0.1, 0.15) is 23.7 Å². The number of carbonyl (C=O) groups is 1. The predicted molar refractivity (Wildman–Crippen MR) is 62.6 cm³/mol. The van der Waals surface area contributed by atoms with Crippen LogP contribution >= 0.6 is 27.3 Å². The first-order valence-electron chi connectivity index (χ1n) is 4.41. The quantitative estimate of drug-likeness (QED) is 0.884. The van der Waals surface area contributed by atoms with Gasteiger partial charge in [0.15, 0.2) is 0 Å². The van der Waals surface area contributed by atoms with Crippen molar-refractivity contribution in [2.45, 2.75) is 19.4 Å². The molecule has 0 radical (unpaired) electrons. The van der Waals surface area contributed by atoms with Crippen molar-refractivity contribution < 1.29 is 4.79 Å². The van der Waals surface area contributed by atoms with Crippen molar-refractivity contribution in [2.75, 3.05) is 6.54 Å². The molecule has 0 aliphatic rings. The van der Waals surface area contributed by atoms with Crippen LogP contribution in [0.3, 0.4) is 0 Å². The molecule has 1 aromatic rings. The third-order valence-electron chi connectivity index (χ3n) is 1.88. The van der Waals surface area contributed by atoms with Crippen molar-refractivity contribution in [1.29, 1.82) is 0 Å². The van der Waals surface area contributed by atoms with Gasteiger partial charge in [-0.3, -0.25) is 4.79 Å². The summed E-state index contributed by atoms with van der Waals surface area (Å²) in [7, 11) is 0. The smallest absolute Gasteiger partial charge is 0.252 e. The summed E-state index contributed by atoms with van der Waals surface area (Å²) in [5.41, 5.74) is 6.37. The topological polar surface area (TPSA) is 55.1 Å². The molecule has 3 nitrogen and oxygen atoms in total. The van der Waals surface area contributed by atoms with Crippen molar-refractivity contribution >= 4 is 33.2 Å². The number of carbonyl (C=O) groups excluding carboxylic acids is 1. The molecule has 3 N–H and O–H groups in total. The van der Waals surface area contributed by atoms with Crippen LogP contribution in [0.15, 0.2) is 15.2 Å². The minimum absolute atomic E-state index is 0.0426. The Bertz CT molecular complexity index is 314. The van der Waals surface area contributed by atoms with E-state index >= 15 is 0 Å². The summed E-state index contributed by atoms with van der Waals surface area (Å²) >= 11 is 4.81. The molecule has 1 heterocycles. The summed E-state index contributed by atoms with van der Waals surface area (Å²) in [6, 6.07) is 1.85. The van der Waals surface area contributed by atoms with Crippen LogP contribution in [0.4, 0.5) is 0 Å². The zero-order valence-corrected chi connectivity index (χ0v) is 10.3. The van der Waals surface area contributed by atoms with Crippen molar-refractivity contribution in [3.63, 3.8) is 0 Å². The Balaban J connectivity index is 2.43. The standard InChI is InChI=1S/C9H13BrN2OS/c1-2-7(11)4-12-9(13)6-3-8(10)14-5-6/h3,5,7H,2,4,11H2,1H3,(H,12,13). The van der Waals surface area contributed by atoms with Gasteiger partial charge in [0.2, 0.25) is 0 Å². The maximum Gasteiger partial charge on any atom is 0.252 e. The van der Waals surface area contributed by atoms with Gasteiger partial charge in [-0.2, -0.15) is 0 Å². The lowest BCUT2D eigenvalue weighted by Gasteiger charge is -2.09. The fourth-order valence-electron chi connectivity index (χ4n) is 0.899. The second-order valence-corrected chi connectivity index (χ2v) is 5.31. The lowest BCUT2D eigenvalue weighted by molar-refractivity contribution is 0.0951. The number of halogens is 1. The molecule has 0 bridgehead atoms. The molecule has 1 unspecified atom stereocenters. The Kier molecular flexibility index (Phi) is 4.57. The molecule has 1 amide bonds. The summed E-state index contributed by atoms with van der Waals surface area (Å²) in [4.78, 5) is 11.5. The Morgan fingerprint density at radius 1 is 1.79 bits per heavy atom. The number of rotatable bonds is 4. The molecule has 1 rings (SSSR count). The Morgan fingerprint density at radius 3 is 3.00 bits per heavy atom. The highest BCUT2D eigenvalue weighted by Crippen LogP contribution is 2.20. The van der Waals surface area contributed by atoms with E-state index in [1.165, 1.54) is 11.3 Å². The van der Waals surface area contributed by atoms with E-state index in [2.05, 4.69) is 21.2 Å². The van der Waals surface area contributed by atoms with E-state index < -0.39 is 0 Å². The van der Waals surface area contributed by atoms with Gasteiger partial charge in [-0.1, -0.05) is 6.92 Å². The van der Waals surface area contributed by atoms with Crippen molar-refractivity contribution in [3.05, 3.63) is 20.8 Å². The third kappa shape index (κ3) is 3.40. The van der Waals surface area contributed by atoms with Gasteiger partial charge in [-0.15, -0.1) is 11.3 Å². The van der Waals surface area contributed by atoms with Crippen LogP contribution in [0.5, 0.6) is 0 Å². The van der Waals surface area contributed by atoms with Crippen molar-refractivity contribution in [3.8, 4) is 0 Å². The SMILES string of the molecule is CCC(N)CNC(=O)c1csc(Br)c1. The number of thiophene rings is 1. The van der Waals surface area contributed by atoms with Gasteiger partial charge in [0.05, 0.1) is 9.35 Å². The normalized spacial score (nSPS) is 12.5. The molecule has 0 aliphatic heterocycles. The van der Waals surface area contributed by atoms with Gasteiger partial charge in [0.1, 0.15) is 0 Å². The monoisotopic (exact) mass is 276 g/mol. The molecule has 78 valence electrons. The number of hydrogen-bond acceptors (Lipinski definition) is 3. The molecular weight excluding hydrogens is 264 g/mol. The molecule has 0 aromatic carbocycles. The Hall–Kier alpha value is -0.390. The van der Waals surface area contributed by atoms with Gasteiger partial charge in [0.25, 0.3) is 5.91 Å². The van der Waals surface area contributed by atoms with Crippen LogP contribution in [-0.2, 0) is 0 Å². The van der Waals surface area contributed by atoms with E-state index in [4.69, 9.17) is 5.73 Å². The average Bonchev–Trinajstić information content (AvgIpc) is 2.60. The minimum Gasteiger partial charge on any atom is -0.350 e. The van der Waals surface area contributed by atoms with Crippen molar-refractivity contribution in [1.82, 2.24) is 5.32 Å². The van der Waals surface area contributed by atoms with E-state index in [0.29, 0.717) is 12.1 Å². The molecule has 14 heavy (non-hydrogen) atoms. The fourth-order valence-corrected chi connectivity index (χ4v) is 2.04. The fraction of sp³-hybridized carbons (Fsp3) is 0.444. The number of amides is 1. The first-order chi connectivity index (χ1) is 6.63. The molecule has 5 heteroatoms. The van der Waals surface area contributed by atoms with Crippen molar-refractivity contribution in [2.24, 2.45) is 5.73 Å². The highest BCUT2D eigenvalue weighted by atomic mass is 79.9. The molecule has 0 saturated heterocycles. The van der Waals surface area contributed by atoms with Gasteiger partial charge >= 0.3 is 0 Å². The molecule has 1 atom stereocenters. The summed E-state index contributed by atoms with van der Waals surface area (Å²) < 4.78 is 0.961. The maximum absolute atomic E-state index is 11.5. The van der Waals surface area contributed by atoms with Gasteiger partial charge < -0.3 is 11.1 Å². The predicted octanol–water partition coefficient (Wildman–Crippen LogP) is 1.98. The third-order valence-corrected chi connectivity index (χ3v) is 3.38. The largest absolute Gasteiger partial charge is 0.350 e. The first kappa shape index (κ1) is 11.7. The Morgan fingerprint density at radius 2 is 2.50 bits per heavy atom. The molecule has 0 fully saturated rings. The van der Waals surface area contributed by atoms with E-state index in [1.807, 2.05) is 12.3 Å². The van der Waals surface area contributed by atoms with Crippen LogP contribution in [-0.4, -0.2) is 18.5 Å². The average molecular weight is 277 g/mol. The number of hydrogen-bond donors (Lipinski definition) is 2. The molecule has 0 spiro atoms. The second kappa shape index (κ2) is 5.48. The lowest BCUT2D eigenvalue weighted by Crippen LogP contribution is -2.36. The van der Waals surface area contributed by atoms with E-state index in [0.717, 1.165) is 10.2 Å². The summed E-state index contributed by atoms with van der Waals surface area (Å²) in [6.45, 7) is 2.53. The molecule has 0 saturated carbocycles. The second-order valence-electron chi connectivity index (χ2n) is 3.02. The van der Waals surface area contributed by atoms with Gasteiger partial charge in [-0.25, -0.2) is 0 Å². The highest BCUT2D eigenvalue weighted by Gasteiger charge is 2.08. The molecular formula is C9H13BrN2OS. The van der Waals surface area contributed by atoms with Gasteiger partial charge in [-0.05, 0) is 28.4 Å². The summed E-state index contributed by atoms with van der Waals surface area (Å²) in [5.74, 6) is -0.0594. The van der Waals surface area contributed by atoms with E-state index in [9.17, 15) is 4.79 Å². The zero-order chi connectivity index (χ0) is 10.6. The van der Waals surface area contributed by atoms with Gasteiger partial charge in [0, 0.05) is 18.0 Å². The lowest BCUT2D eigenvalue weighted by atomic mass is 10.2.